The minimum Gasteiger partial charge on any atom is -0.467 e. The Labute approximate surface area is 81.9 Å². The summed E-state index contributed by atoms with van der Waals surface area (Å²) in [4.78, 5) is 23.2. The van der Waals surface area contributed by atoms with Crippen molar-refractivity contribution in [2.75, 3.05) is 14.2 Å². The van der Waals surface area contributed by atoms with Crippen LogP contribution in [0.25, 0.3) is 0 Å². The molecule has 0 radical (unpaired) electrons. The van der Waals surface area contributed by atoms with Crippen LogP contribution in [0.4, 0.5) is 0 Å². The van der Waals surface area contributed by atoms with Crippen molar-refractivity contribution >= 4 is 11.8 Å². The maximum absolute atomic E-state index is 11.7. The molecule has 2 aliphatic carbocycles. The van der Waals surface area contributed by atoms with E-state index < -0.39 is 11.6 Å². The van der Waals surface area contributed by atoms with Crippen molar-refractivity contribution in [1.29, 1.82) is 0 Å². The Morgan fingerprint density at radius 3 is 2.86 bits per heavy atom. The molecule has 0 aromatic heterocycles. The predicted molar refractivity (Wildman–Crippen MR) is 47.5 cm³/mol. The van der Waals surface area contributed by atoms with Gasteiger partial charge in [0.2, 0.25) is 5.60 Å². The van der Waals surface area contributed by atoms with E-state index in [4.69, 9.17) is 4.74 Å². The van der Waals surface area contributed by atoms with Gasteiger partial charge in [-0.3, -0.25) is 4.79 Å². The molecule has 0 amide bonds. The molecule has 4 nitrogen and oxygen atoms in total. The first-order valence-corrected chi connectivity index (χ1v) is 4.53. The molecule has 0 N–H and O–H groups in total. The number of ketones is 1. The molecule has 76 valence electrons. The Balaban J connectivity index is 2.33. The zero-order valence-corrected chi connectivity index (χ0v) is 8.15. The van der Waals surface area contributed by atoms with Gasteiger partial charge in [0.25, 0.3) is 0 Å². The van der Waals surface area contributed by atoms with Crippen LogP contribution in [-0.4, -0.2) is 31.6 Å². The van der Waals surface area contributed by atoms with Gasteiger partial charge in [0.15, 0.2) is 5.78 Å². The van der Waals surface area contributed by atoms with E-state index in [2.05, 4.69) is 4.74 Å². The third kappa shape index (κ3) is 0.817. The third-order valence-electron chi connectivity index (χ3n) is 3.15. The first-order valence-electron chi connectivity index (χ1n) is 4.53. The third-order valence-corrected chi connectivity index (χ3v) is 3.15. The number of hydrogen-bond donors (Lipinski definition) is 0. The van der Waals surface area contributed by atoms with Crippen molar-refractivity contribution in [3.63, 3.8) is 0 Å². The maximum atomic E-state index is 11.7. The lowest BCUT2D eigenvalue weighted by Crippen LogP contribution is -2.67. The molecule has 0 spiro atoms. The Bertz CT molecular complexity index is 320. The van der Waals surface area contributed by atoms with E-state index in [0.717, 1.165) is 0 Å². The summed E-state index contributed by atoms with van der Waals surface area (Å²) in [5, 5.41) is 0. The first kappa shape index (κ1) is 9.40. The van der Waals surface area contributed by atoms with Gasteiger partial charge in [0, 0.05) is 18.9 Å². The van der Waals surface area contributed by atoms with Crippen molar-refractivity contribution in [3.8, 4) is 0 Å². The average Bonchev–Trinajstić information content (AvgIpc) is 2.64. The van der Waals surface area contributed by atoms with Crippen LogP contribution in [-0.2, 0) is 19.1 Å². The second-order valence-corrected chi connectivity index (χ2v) is 3.59. The molecular weight excluding hydrogens is 184 g/mol. The largest absolute Gasteiger partial charge is 0.467 e. The summed E-state index contributed by atoms with van der Waals surface area (Å²) in [5.74, 6) is -0.943. The van der Waals surface area contributed by atoms with E-state index in [0.29, 0.717) is 6.42 Å². The highest BCUT2D eigenvalue weighted by atomic mass is 16.6. The Hall–Kier alpha value is -1.16. The number of Topliss-reactive ketones (excluding diaryl/α,β-unsaturated/α-hetero) is 1. The molecule has 0 aromatic rings. The van der Waals surface area contributed by atoms with Crippen LogP contribution >= 0.6 is 0 Å². The number of fused-ring (bicyclic) bond motifs is 1. The summed E-state index contributed by atoms with van der Waals surface area (Å²) in [5.41, 5.74) is -1.35. The van der Waals surface area contributed by atoms with Crippen LogP contribution in [0, 0.1) is 11.8 Å². The average molecular weight is 196 g/mol. The van der Waals surface area contributed by atoms with Crippen molar-refractivity contribution < 1.29 is 19.1 Å². The molecule has 2 aliphatic rings. The molecule has 0 unspecified atom stereocenters. The van der Waals surface area contributed by atoms with Gasteiger partial charge in [0.1, 0.15) is 0 Å². The predicted octanol–water partition coefficient (Wildman–Crippen LogP) is 0.320. The second kappa shape index (κ2) is 2.92. The molecule has 1 saturated carbocycles. The highest BCUT2D eigenvalue weighted by molar-refractivity contribution is 6.14. The van der Waals surface area contributed by atoms with Crippen molar-refractivity contribution in [2.24, 2.45) is 11.8 Å². The van der Waals surface area contributed by atoms with Crippen LogP contribution < -0.4 is 0 Å². The standard InChI is InChI=1S/C10H12O4/c1-13-9(12)10(14-2)7-5-3-4-6(7)8(10)11/h3,5-7H,4H2,1-2H3/t6-,7+,10+/m1/s1. The van der Waals surface area contributed by atoms with E-state index in [-0.39, 0.29) is 17.6 Å². The molecule has 14 heavy (non-hydrogen) atoms. The SMILES string of the molecule is COC(=O)[C@@]1(OC)C(=O)[C@@H]2CC=C[C@@H]21. The van der Waals surface area contributed by atoms with E-state index in [1.54, 1.807) is 0 Å². The Kier molecular flexibility index (Phi) is 1.96. The highest BCUT2D eigenvalue weighted by Gasteiger charge is 2.68. The van der Waals surface area contributed by atoms with Crippen molar-refractivity contribution in [1.82, 2.24) is 0 Å². The van der Waals surface area contributed by atoms with Gasteiger partial charge in [0.05, 0.1) is 7.11 Å². The molecule has 0 bridgehead atoms. The molecule has 0 aromatic carbocycles. The summed E-state index contributed by atoms with van der Waals surface area (Å²) in [6.45, 7) is 0. The molecule has 0 heterocycles. The van der Waals surface area contributed by atoms with Crippen molar-refractivity contribution in [2.45, 2.75) is 12.0 Å². The van der Waals surface area contributed by atoms with E-state index >= 15 is 0 Å². The van der Waals surface area contributed by atoms with E-state index in [1.807, 2.05) is 12.2 Å². The molecule has 0 saturated heterocycles. The van der Waals surface area contributed by atoms with Crippen LogP contribution in [0.2, 0.25) is 0 Å². The molecule has 4 heteroatoms. The summed E-state index contributed by atoms with van der Waals surface area (Å²) < 4.78 is 9.69. The Morgan fingerprint density at radius 2 is 2.29 bits per heavy atom. The summed E-state index contributed by atoms with van der Waals surface area (Å²) >= 11 is 0. The van der Waals surface area contributed by atoms with Gasteiger partial charge < -0.3 is 9.47 Å². The van der Waals surface area contributed by atoms with E-state index in [9.17, 15) is 9.59 Å². The fourth-order valence-electron chi connectivity index (χ4n) is 2.39. The lowest BCUT2D eigenvalue weighted by atomic mass is 9.61. The number of ether oxygens (including phenoxy) is 2. The quantitative estimate of drug-likeness (QED) is 0.362. The highest BCUT2D eigenvalue weighted by Crippen LogP contribution is 2.49. The minimum atomic E-state index is -1.35. The number of carbonyl (C=O) groups excluding carboxylic acids is 2. The zero-order chi connectivity index (χ0) is 10.3. The lowest BCUT2D eigenvalue weighted by Gasteiger charge is -2.46. The van der Waals surface area contributed by atoms with Gasteiger partial charge in [-0.1, -0.05) is 12.2 Å². The van der Waals surface area contributed by atoms with Gasteiger partial charge in [-0.05, 0) is 6.42 Å². The summed E-state index contributed by atoms with van der Waals surface area (Å²) in [6, 6.07) is 0. The molecule has 0 aliphatic heterocycles. The number of carbonyl (C=O) groups is 2. The van der Waals surface area contributed by atoms with Crippen LogP contribution in [0.5, 0.6) is 0 Å². The second-order valence-electron chi connectivity index (χ2n) is 3.59. The van der Waals surface area contributed by atoms with Crippen LogP contribution in [0.15, 0.2) is 12.2 Å². The molecule has 2 rings (SSSR count). The monoisotopic (exact) mass is 196 g/mol. The number of rotatable bonds is 2. The molecular formula is C10H12O4. The topological polar surface area (TPSA) is 52.6 Å². The van der Waals surface area contributed by atoms with Crippen LogP contribution in [0.3, 0.4) is 0 Å². The van der Waals surface area contributed by atoms with Crippen molar-refractivity contribution in [3.05, 3.63) is 12.2 Å². The van der Waals surface area contributed by atoms with Gasteiger partial charge >= 0.3 is 5.97 Å². The number of methoxy groups -OCH3 is 2. The van der Waals surface area contributed by atoms with Crippen LogP contribution in [0.1, 0.15) is 6.42 Å². The van der Waals surface area contributed by atoms with E-state index in [1.165, 1.54) is 14.2 Å². The number of allylic oxidation sites excluding steroid dienone is 1. The zero-order valence-electron chi connectivity index (χ0n) is 8.15. The molecule has 3 atom stereocenters. The minimum absolute atomic E-state index is 0.0750. The first-order chi connectivity index (χ1) is 6.68. The van der Waals surface area contributed by atoms with Gasteiger partial charge in [-0.25, -0.2) is 4.79 Å². The molecule has 1 fully saturated rings. The number of esters is 1. The fourth-order valence-corrected chi connectivity index (χ4v) is 2.39. The number of hydrogen-bond acceptors (Lipinski definition) is 4. The normalized spacial score (nSPS) is 39.1. The fraction of sp³-hybridized carbons (Fsp3) is 0.600. The van der Waals surface area contributed by atoms with Gasteiger partial charge in [-0.15, -0.1) is 0 Å². The Morgan fingerprint density at radius 1 is 1.57 bits per heavy atom. The summed E-state index contributed by atoms with van der Waals surface area (Å²) in [7, 11) is 2.64. The lowest BCUT2D eigenvalue weighted by molar-refractivity contribution is -0.195. The van der Waals surface area contributed by atoms with Gasteiger partial charge in [-0.2, -0.15) is 0 Å². The maximum Gasteiger partial charge on any atom is 0.346 e. The summed E-state index contributed by atoms with van der Waals surface area (Å²) in [6.07, 6.45) is 4.50. The smallest absolute Gasteiger partial charge is 0.346 e.